The number of imidazole rings is 1. The van der Waals surface area contributed by atoms with Gasteiger partial charge in [-0.05, 0) is 37.1 Å². The molecule has 5 heteroatoms. The van der Waals surface area contributed by atoms with E-state index >= 15 is 0 Å². The molecule has 0 bridgehead atoms. The minimum atomic E-state index is -0.00131. The zero-order valence-corrected chi connectivity index (χ0v) is 13.4. The van der Waals surface area contributed by atoms with E-state index in [9.17, 15) is 4.79 Å². The van der Waals surface area contributed by atoms with Crippen LogP contribution in [0.25, 0.3) is 0 Å². The quantitative estimate of drug-likeness (QED) is 0.852. The van der Waals surface area contributed by atoms with Gasteiger partial charge in [-0.1, -0.05) is 6.07 Å². The number of hydrogen-bond acceptors (Lipinski definition) is 3. The molecule has 5 nitrogen and oxygen atoms in total. The van der Waals surface area contributed by atoms with Gasteiger partial charge < -0.3 is 14.6 Å². The number of carbonyl (C=O) groups excluding carboxylic acids is 1. The summed E-state index contributed by atoms with van der Waals surface area (Å²) in [6, 6.07) is 6.05. The van der Waals surface area contributed by atoms with Crippen LogP contribution in [0.5, 0.6) is 5.75 Å². The van der Waals surface area contributed by atoms with Gasteiger partial charge in [-0.3, -0.25) is 4.79 Å². The molecule has 0 aliphatic rings. The van der Waals surface area contributed by atoms with Crippen molar-refractivity contribution in [1.82, 2.24) is 14.9 Å². The molecule has 0 radical (unpaired) electrons. The lowest BCUT2D eigenvalue weighted by molar-refractivity contribution is -0.121. The number of nitrogens with zero attached hydrogens (tertiary/aromatic N) is 2. The van der Waals surface area contributed by atoms with Gasteiger partial charge in [0.1, 0.15) is 11.6 Å². The third-order valence-electron chi connectivity index (χ3n) is 3.38. The Labute approximate surface area is 131 Å². The maximum atomic E-state index is 11.8. The standard InChI is InChI=1S/C17H23N3O2/c1-13-10-14(2)12-15(11-13)22-9-5-17(21)19-6-4-16-18-7-8-20(16)3/h7-8,10-12H,4-6,9H2,1-3H3,(H,19,21). The molecule has 2 rings (SSSR count). The highest BCUT2D eigenvalue weighted by atomic mass is 16.5. The number of aromatic nitrogens is 2. The molecule has 22 heavy (non-hydrogen) atoms. The van der Waals surface area contributed by atoms with Gasteiger partial charge in [-0.25, -0.2) is 4.98 Å². The van der Waals surface area contributed by atoms with Crippen molar-refractivity contribution in [2.75, 3.05) is 13.2 Å². The van der Waals surface area contributed by atoms with Gasteiger partial charge in [0.2, 0.25) is 5.91 Å². The second-order valence-corrected chi connectivity index (χ2v) is 5.48. The smallest absolute Gasteiger partial charge is 0.223 e. The molecule has 0 aliphatic carbocycles. The second kappa shape index (κ2) is 7.64. The molecular formula is C17H23N3O2. The number of hydrogen-bond donors (Lipinski definition) is 1. The Morgan fingerprint density at radius 3 is 2.64 bits per heavy atom. The van der Waals surface area contributed by atoms with Gasteiger partial charge in [0.25, 0.3) is 0 Å². The predicted molar refractivity (Wildman–Crippen MR) is 85.9 cm³/mol. The van der Waals surface area contributed by atoms with E-state index in [1.165, 1.54) is 0 Å². The summed E-state index contributed by atoms with van der Waals surface area (Å²) in [5.74, 6) is 1.78. The number of rotatable bonds is 7. The number of nitrogens with one attached hydrogen (secondary N) is 1. The molecule has 1 N–H and O–H groups in total. The van der Waals surface area contributed by atoms with Crippen molar-refractivity contribution in [3.05, 3.63) is 47.5 Å². The summed E-state index contributed by atoms with van der Waals surface area (Å²) >= 11 is 0. The Balaban J connectivity index is 1.66. The Hall–Kier alpha value is -2.30. The molecule has 0 aliphatic heterocycles. The third-order valence-corrected chi connectivity index (χ3v) is 3.38. The monoisotopic (exact) mass is 301 g/mol. The molecule has 0 saturated heterocycles. The summed E-state index contributed by atoms with van der Waals surface area (Å²) < 4.78 is 7.59. The number of amides is 1. The minimum absolute atomic E-state index is 0.00131. The van der Waals surface area contributed by atoms with E-state index < -0.39 is 0 Å². The summed E-state index contributed by atoms with van der Waals surface area (Å²) in [4.78, 5) is 16.0. The zero-order valence-electron chi connectivity index (χ0n) is 13.4. The molecule has 0 saturated carbocycles. The van der Waals surface area contributed by atoms with E-state index in [1.807, 2.05) is 43.8 Å². The SMILES string of the molecule is Cc1cc(C)cc(OCCC(=O)NCCc2nccn2C)c1. The maximum Gasteiger partial charge on any atom is 0.223 e. The Kier molecular flexibility index (Phi) is 5.58. The Morgan fingerprint density at radius 2 is 2.00 bits per heavy atom. The van der Waals surface area contributed by atoms with Gasteiger partial charge in [-0.15, -0.1) is 0 Å². The van der Waals surface area contributed by atoms with Crippen LogP contribution in [0.2, 0.25) is 0 Å². The highest BCUT2D eigenvalue weighted by Gasteiger charge is 2.04. The fourth-order valence-electron chi connectivity index (χ4n) is 2.32. The van der Waals surface area contributed by atoms with Crippen LogP contribution in [0.4, 0.5) is 0 Å². The molecule has 0 unspecified atom stereocenters. The molecule has 0 fully saturated rings. The summed E-state index contributed by atoms with van der Waals surface area (Å²) in [5.41, 5.74) is 2.32. The molecule has 1 aromatic heterocycles. The lowest BCUT2D eigenvalue weighted by Gasteiger charge is -2.09. The fraction of sp³-hybridized carbons (Fsp3) is 0.412. The van der Waals surface area contributed by atoms with Crippen LogP contribution in [0, 0.1) is 13.8 Å². The molecule has 1 aromatic carbocycles. The van der Waals surface area contributed by atoms with Crippen molar-refractivity contribution in [3.8, 4) is 5.75 Å². The zero-order chi connectivity index (χ0) is 15.9. The van der Waals surface area contributed by atoms with Crippen molar-refractivity contribution in [3.63, 3.8) is 0 Å². The van der Waals surface area contributed by atoms with E-state index in [2.05, 4.69) is 16.4 Å². The van der Waals surface area contributed by atoms with Gasteiger partial charge in [0.15, 0.2) is 0 Å². The summed E-state index contributed by atoms with van der Waals surface area (Å²) in [6.07, 6.45) is 4.74. The predicted octanol–water partition coefficient (Wildman–Crippen LogP) is 2.16. The number of ether oxygens (including phenoxy) is 1. The molecule has 1 amide bonds. The highest BCUT2D eigenvalue weighted by Crippen LogP contribution is 2.16. The summed E-state index contributed by atoms with van der Waals surface area (Å²) in [7, 11) is 1.95. The van der Waals surface area contributed by atoms with Crippen LogP contribution < -0.4 is 10.1 Å². The van der Waals surface area contributed by atoms with Gasteiger partial charge in [0, 0.05) is 32.4 Å². The Bertz CT molecular complexity index is 614. The number of carbonyl (C=O) groups is 1. The van der Waals surface area contributed by atoms with Gasteiger partial charge in [0.05, 0.1) is 13.0 Å². The molecule has 118 valence electrons. The van der Waals surface area contributed by atoms with Crippen LogP contribution in [0.15, 0.2) is 30.6 Å². The lowest BCUT2D eigenvalue weighted by atomic mass is 10.1. The van der Waals surface area contributed by atoms with Crippen LogP contribution in [-0.2, 0) is 18.3 Å². The van der Waals surface area contributed by atoms with Crippen molar-refractivity contribution in [2.45, 2.75) is 26.7 Å². The third kappa shape index (κ3) is 4.91. The van der Waals surface area contributed by atoms with Gasteiger partial charge in [-0.2, -0.15) is 0 Å². The molecule has 1 heterocycles. The van der Waals surface area contributed by atoms with Crippen molar-refractivity contribution in [2.24, 2.45) is 7.05 Å². The highest BCUT2D eigenvalue weighted by molar-refractivity contribution is 5.75. The van der Waals surface area contributed by atoms with Crippen LogP contribution in [0.3, 0.4) is 0 Å². The molecule has 2 aromatic rings. The lowest BCUT2D eigenvalue weighted by Crippen LogP contribution is -2.27. The van der Waals surface area contributed by atoms with Gasteiger partial charge >= 0.3 is 0 Å². The average Bonchev–Trinajstić information content (AvgIpc) is 2.83. The molecule has 0 atom stereocenters. The first-order chi connectivity index (χ1) is 10.5. The first kappa shape index (κ1) is 16.1. The average molecular weight is 301 g/mol. The summed E-state index contributed by atoms with van der Waals surface area (Å²) in [6.45, 7) is 5.04. The molecular weight excluding hydrogens is 278 g/mol. The van der Waals surface area contributed by atoms with E-state index in [0.29, 0.717) is 19.6 Å². The number of aryl methyl sites for hydroxylation is 3. The normalized spacial score (nSPS) is 10.5. The first-order valence-corrected chi connectivity index (χ1v) is 7.48. The maximum absolute atomic E-state index is 11.8. The summed E-state index contributed by atoms with van der Waals surface area (Å²) in [5, 5.41) is 2.88. The fourth-order valence-corrected chi connectivity index (χ4v) is 2.32. The van der Waals surface area contributed by atoms with E-state index in [4.69, 9.17) is 4.74 Å². The van der Waals surface area contributed by atoms with Crippen LogP contribution in [-0.4, -0.2) is 28.6 Å². The van der Waals surface area contributed by atoms with E-state index in [1.54, 1.807) is 6.20 Å². The van der Waals surface area contributed by atoms with Crippen LogP contribution >= 0.6 is 0 Å². The molecule has 0 spiro atoms. The second-order valence-electron chi connectivity index (χ2n) is 5.48. The number of benzene rings is 1. The minimum Gasteiger partial charge on any atom is -0.493 e. The largest absolute Gasteiger partial charge is 0.493 e. The van der Waals surface area contributed by atoms with Crippen LogP contribution in [0.1, 0.15) is 23.4 Å². The van der Waals surface area contributed by atoms with E-state index in [0.717, 1.165) is 29.1 Å². The first-order valence-electron chi connectivity index (χ1n) is 7.48. The Morgan fingerprint density at radius 1 is 1.27 bits per heavy atom. The van der Waals surface area contributed by atoms with Crippen molar-refractivity contribution in [1.29, 1.82) is 0 Å². The van der Waals surface area contributed by atoms with Crippen molar-refractivity contribution >= 4 is 5.91 Å². The van der Waals surface area contributed by atoms with E-state index in [-0.39, 0.29) is 5.91 Å². The van der Waals surface area contributed by atoms with Crippen molar-refractivity contribution < 1.29 is 9.53 Å². The topological polar surface area (TPSA) is 56.1 Å².